The van der Waals surface area contributed by atoms with Crippen molar-refractivity contribution in [1.82, 2.24) is 0 Å². The first kappa shape index (κ1) is 14.6. The maximum atomic E-state index is 7.00. The Kier molecular flexibility index (Phi) is 13.4. The fourth-order valence-electron chi connectivity index (χ4n) is 0.915. The van der Waals surface area contributed by atoms with Gasteiger partial charge in [-0.3, -0.25) is 0 Å². The molecule has 0 aliphatic rings. The van der Waals surface area contributed by atoms with Crippen molar-refractivity contribution in [2.45, 2.75) is 25.4 Å². The van der Waals surface area contributed by atoms with E-state index < -0.39 is 9.28 Å². The normalized spacial score (nSPS) is 12.2. The van der Waals surface area contributed by atoms with E-state index in [-0.39, 0.29) is 5.67 Å². The molecule has 0 aromatic carbocycles. The first-order chi connectivity index (χ1) is 5.76. The van der Waals surface area contributed by atoms with Gasteiger partial charge in [0.2, 0.25) is 0 Å². The highest BCUT2D eigenvalue weighted by Gasteiger charge is 2.18. The molecule has 0 saturated carbocycles. The van der Waals surface area contributed by atoms with Crippen LogP contribution in [0.25, 0.3) is 0 Å². The van der Waals surface area contributed by atoms with E-state index in [0.29, 0.717) is 0 Å². The Morgan fingerprint density at radius 3 is 2.00 bits per heavy atom. The molecule has 0 bridgehead atoms. The van der Waals surface area contributed by atoms with Gasteiger partial charge >= 0.3 is 9.28 Å². The van der Waals surface area contributed by atoms with Crippen molar-refractivity contribution in [2.75, 3.05) is 21.3 Å². The Morgan fingerprint density at radius 2 is 1.75 bits per heavy atom. The van der Waals surface area contributed by atoms with Crippen LogP contribution in [-0.4, -0.2) is 41.4 Å². The molecule has 0 aliphatic carbocycles. The minimum atomic E-state index is -1.53. The zero-order valence-electron chi connectivity index (χ0n) is 8.41. The molecular weight excluding hydrogens is 174 g/mol. The number of aliphatic hydroxyl groups excluding tert-OH is 1. The van der Waals surface area contributed by atoms with E-state index in [9.17, 15) is 0 Å². The van der Waals surface area contributed by atoms with Gasteiger partial charge in [0, 0.05) is 27.0 Å². The lowest BCUT2D eigenvalue weighted by Crippen LogP contribution is -2.42. The number of rotatable bonds is 5. The predicted molar refractivity (Wildman–Crippen MR) is 52.2 cm³/mol. The van der Waals surface area contributed by atoms with E-state index in [4.69, 9.17) is 19.7 Å². The van der Waals surface area contributed by atoms with Crippen molar-refractivity contribution < 1.29 is 14.0 Å². The summed E-state index contributed by atoms with van der Waals surface area (Å²) in [6.07, 6.45) is 2.09. The zero-order chi connectivity index (χ0) is 9.98. The van der Waals surface area contributed by atoms with Crippen LogP contribution in [0.2, 0.25) is 0 Å². The van der Waals surface area contributed by atoms with E-state index in [1.54, 1.807) is 14.2 Å². The molecule has 0 heterocycles. The highest BCUT2D eigenvalue weighted by molar-refractivity contribution is 6.46. The second kappa shape index (κ2) is 11.1. The highest BCUT2D eigenvalue weighted by atomic mass is 28.3. The second-order valence-electron chi connectivity index (χ2n) is 2.29. The molecule has 0 aliphatic heterocycles. The lowest BCUT2D eigenvalue weighted by Gasteiger charge is -2.17. The van der Waals surface area contributed by atoms with Crippen LogP contribution in [0.4, 0.5) is 0 Å². The number of hydrogen-bond acceptors (Lipinski definition) is 4. The van der Waals surface area contributed by atoms with Gasteiger partial charge in [-0.15, -0.1) is 0 Å². The van der Waals surface area contributed by atoms with Gasteiger partial charge in [0.1, 0.15) is 0 Å². The molecule has 3 N–H and O–H groups in total. The minimum Gasteiger partial charge on any atom is -0.400 e. The fraction of sp³-hybridized carbons (Fsp3) is 1.00. The maximum absolute atomic E-state index is 7.00. The summed E-state index contributed by atoms with van der Waals surface area (Å²) in [4.78, 5) is 0. The molecule has 1 unspecified atom stereocenters. The molecule has 0 aromatic heterocycles. The summed E-state index contributed by atoms with van der Waals surface area (Å²) in [5, 5.41) is 7.00. The van der Waals surface area contributed by atoms with Gasteiger partial charge in [0.05, 0.1) is 0 Å². The van der Waals surface area contributed by atoms with Gasteiger partial charge in [-0.1, -0.05) is 13.3 Å². The lowest BCUT2D eigenvalue weighted by molar-refractivity contribution is 0.264. The molecule has 76 valence electrons. The summed E-state index contributed by atoms with van der Waals surface area (Å²) in [6, 6.07) is 0. The Morgan fingerprint density at radius 1 is 1.33 bits per heavy atom. The maximum Gasteiger partial charge on any atom is 0.338 e. The van der Waals surface area contributed by atoms with Gasteiger partial charge in [0.15, 0.2) is 0 Å². The van der Waals surface area contributed by atoms with Gasteiger partial charge in [-0.25, -0.2) is 0 Å². The van der Waals surface area contributed by atoms with Crippen LogP contribution < -0.4 is 5.73 Å². The van der Waals surface area contributed by atoms with Crippen molar-refractivity contribution in [3.05, 3.63) is 0 Å². The molecule has 12 heavy (non-hydrogen) atoms. The van der Waals surface area contributed by atoms with Crippen LogP contribution >= 0.6 is 0 Å². The first-order valence-corrected chi connectivity index (χ1v) is 5.63. The molecular formula is C7H21NO3Si. The first-order valence-electron chi connectivity index (χ1n) is 4.02. The topological polar surface area (TPSA) is 64.7 Å². The highest BCUT2D eigenvalue weighted by Crippen LogP contribution is 1.98. The zero-order valence-corrected chi connectivity index (χ0v) is 9.56. The molecule has 0 aromatic rings. The predicted octanol–water partition coefficient (Wildman–Crippen LogP) is -0.225. The van der Waals surface area contributed by atoms with Gasteiger partial charge in [-0.2, -0.15) is 0 Å². The van der Waals surface area contributed by atoms with E-state index in [2.05, 4.69) is 6.92 Å². The molecule has 0 rings (SSSR count). The van der Waals surface area contributed by atoms with Crippen molar-refractivity contribution in [3.63, 3.8) is 0 Å². The average molecular weight is 195 g/mol. The van der Waals surface area contributed by atoms with Crippen molar-refractivity contribution in [2.24, 2.45) is 5.73 Å². The summed E-state index contributed by atoms with van der Waals surface area (Å²) in [5.41, 5.74) is 5.90. The Hall–Kier alpha value is 0.0569. The molecule has 4 nitrogen and oxygen atoms in total. The van der Waals surface area contributed by atoms with Crippen LogP contribution in [0, 0.1) is 0 Å². The monoisotopic (exact) mass is 195 g/mol. The lowest BCUT2D eigenvalue weighted by atomic mass is 10.3. The Bertz CT molecular complexity index is 81.1. The molecule has 0 spiro atoms. The summed E-state index contributed by atoms with van der Waals surface area (Å²) in [6.45, 7) is 2.11. The molecule has 0 radical (unpaired) electrons. The fourth-order valence-corrected chi connectivity index (χ4v) is 2.41. The van der Waals surface area contributed by atoms with Crippen LogP contribution in [0.1, 0.15) is 19.8 Å². The Balaban J connectivity index is 0. The summed E-state index contributed by atoms with van der Waals surface area (Å²) in [5.74, 6) is 0. The number of nitrogens with two attached hydrogens (primary N) is 1. The summed E-state index contributed by atoms with van der Waals surface area (Å²) in [7, 11) is 2.80. The van der Waals surface area contributed by atoms with Crippen LogP contribution in [-0.2, 0) is 8.85 Å². The largest absolute Gasteiger partial charge is 0.400 e. The third kappa shape index (κ3) is 6.75. The minimum absolute atomic E-state index is 0.139. The van der Waals surface area contributed by atoms with Gasteiger partial charge in [0.25, 0.3) is 0 Å². The molecule has 0 saturated heterocycles. The molecule has 0 fully saturated rings. The SMILES string of the molecule is CCCC(N)[SiH](OC)OC.CO. The molecule has 1 atom stereocenters. The number of aliphatic hydroxyl groups is 1. The molecule has 0 amide bonds. The van der Waals surface area contributed by atoms with E-state index in [1.165, 1.54) is 0 Å². The van der Waals surface area contributed by atoms with Crippen molar-refractivity contribution in [1.29, 1.82) is 0 Å². The van der Waals surface area contributed by atoms with Gasteiger partial charge < -0.3 is 19.7 Å². The van der Waals surface area contributed by atoms with E-state index >= 15 is 0 Å². The quantitative estimate of drug-likeness (QED) is 0.595. The third-order valence-corrected chi connectivity index (χ3v) is 3.40. The van der Waals surface area contributed by atoms with Crippen molar-refractivity contribution in [3.8, 4) is 0 Å². The summed E-state index contributed by atoms with van der Waals surface area (Å²) < 4.78 is 10.2. The van der Waals surface area contributed by atoms with Crippen LogP contribution in [0.3, 0.4) is 0 Å². The van der Waals surface area contributed by atoms with Gasteiger partial charge in [-0.05, 0) is 6.42 Å². The third-order valence-electron chi connectivity index (χ3n) is 1.44. The van der Waals surface area contributed by atoms with E-state index in [1.807, 2.05) is 0 Å². The van der Waals surface area contributed by atoms with Crippen LogP contribution in [0.15, 0.2) is 0 Å². The van der Waals surface area contributed by atoms with Crippen molar-refractivity contribution >= 4 is 9.28 Å². The Labute approximate surface area is 76.5 Å². The van der Waals surface area contributed by atoms with Crippen LogP contribution in [0.5, 0.6) is 0 Å². The smallest absolute Gasteiger partial charge is 0.338 e. The standard InChI is InChI=1S/C6H17NO2Si.CH4O/c1-4-5-6(7)10(8-2)9-3;1-2/h6,10H,4-5,7H2,1-3H3;2H,1H3. The summed E-state index contributed by atoms with van der Waals surface area (Å²) >= 11 is 0. The van der Waals surface area contributed by atoms with E-state index in [0.717, 1.165) is 20.0 Å². The number of hydrogen-bond donors (Lipinski definition) is 2. The average Bonchev–Trinajstić information content (AvgIpc) is 2.11. The molecule has 5 heteroatoms. The second-order valence-corrected chi connectivity index (χ2v) is 4.83.